The third-order valence-corrected chi connectivity index (χ3v) is 2.92. The van der Waals surface area contributed by atoms with E-state index in [2.05, 4.69) is 4.74 Å². The summed E-state index contributed by atoms with van der Waals surface area (Å²) in [6.45, 7) is 1.20. The summed E-state index contributed by atoms with van der Waals surface area (Å²) in [5.41, 5.74) is -1.35. The molecule has 5 nitrogen and oxygen atoms in total. The molecule has 18 heavy (non-hydrogen) atoms. The van der Waals surface area contributed by atoms with Crippen LogP contribution in [0.4, 0.5) is 0 Å². The third-order valence-electron chi connectivity index (χ3n) is 2.92. The first kappa shape index (κ1) is 12.4. The van der Waals surface area contributed by atoms with E-state index in [0.29, 0.717) is 5.56 Å². The zero-order valence-corrected chi connectivity index (χ0v) is 10.0. The number of methoxy groups -OCH3 is 1. The zero-order valence-electron chi connectivity index (χ0n) is 10.0. The Hall–Kier alpha value is -2.01. The molecule has 2 rings (SSSR count). The number of carbonyl (C=O) groups excluding carboxylic acids is 3. The summed E-state index contributed by atoms with van der Waals surface area (Å²) in [6.07, 6.45) is -1.08. The van der Waals surface area contributed by atoms with Crippen molar-refractivity contribution in [2.24, 2.45) is 0 Å². The fraction of sp³-hybridized carbons (Fsp3) is 0.308. The van der Waals surface area contributed by atoms with Crippen LogP contribution in [0.15, 0.2) is 30.3 Å². The smallest absolute Gasteiger partial charge is 0.349 e. The van der Waals surface area contributed by atoms with Gasteiger partial charge in [0.1, 0.15) is 0 Å². The Morgan fingerprint density at radius 1 is 1.22 bits per heavy atom. The third kappa shape index (κ3) is 1.73. The molecule has 1 aromatic rings. The van der Waals surface area contributed by atoms with Gasteiger partial charge < -0.3 is 9.47 Å². The van der Waals surface area contributed by atoms with E-state index in [9.17, 15) is 14.4 Å². The molecule has 0 N–H and O–H groups in total. The molecule has 1 aliphatic rings. The molecule has 94 valence electrons. The molecule has 0 unspecified atom stereocenters. The number of Topliss-reactive ketones (excluding diaryl/α,β-unsaturated/α-hetero) is 2. The summed E-state index contributed by atoms with van der Waals surface area (Å²) < 4.78 is 9.58. The summed E-state index contributed by atoms with van der Waals surface area (Å²) in [4.78, 5) is 35.1. The number of hydrogen-bond acceptors (Lipinski definition) is 5. The van der Waals surface area contributed by atoms with Crippen molar-refractivity contribution in [2.45, 2.75) is 18.6 Å². The maximum Gasteiger partial charge on any atom is 0.349 e. The number of epoxide rings is 1. The van der Waals surface area contributed by atoms with Crippen molar-refractivity contribution in [3.63, 3.8) is 0 Å². The standard InChI is InChI=1S/C13H12O5/c1-8(14)13(12(16)17-2)11(18-13)10(15)9-6-4-3-5-7-9/h3-7,11H,1-2H3/t11-,13+/m1/s1. The minimum Gasteiger partial charge on any atom is -0.466 e. The molecule has 0 radical (unpaired) electrons. The van der Waals surface area contributed by atoms with E-state index < -0.39 is 29.2 Å². The molecule has 0 saturated carbocycles. The highest BCUT2D eigenvalue weighted by atomic mass is 16.7. The molecule has 1 saturated heterocycles. The zero-order chi connectivity index (χ0) is 13.3. The van der Waals surface area contributed by atoms with Crippen molar-refractivity contribution in [3.05, 3.63) is 35.9 Å². The number of ketones is 2. The van der Waals surface area contributed by atoms with Gasteiger partial charge in [-0.1, -0.05) is 30.3 Å². The lowest BCUT2D eigenvalue weighted by Crippen LogP contribution is -2.38. The molecule has 0 bridgehead atoms. The second-order valence-corrected chi connectivity index (χ2v) is 4.01. The van der Waals surface area contributed by atoms with E-state index in [0.717, 1.165) is 7.11 Å². The number of esters is 1. The summed E-state index contributed by atoms with van der Waals surface area (Å²) in [5, 5.41) is 0. The van der Waals surface area contributed by atoms with E-state index in [1.54, 1.807) is 30.3 Å². The van der Waals surface area contributed by atoms with E-state index in [4.69, 9.17) is 4.74 Å². The summed E-state index contributed by atoms with van der Waals surface area (Å²) >= 11 is 0. The fourth-order valence-electron chi connectivity index (χ4n) is 1.86. The second kappa shape index (κ2) is 4.34. The van der Waals surface area contributed by atoms with Gasteiger partial charge >= 0.3 is 5.97 Å². The lowest BCUT2D eigenvalue weighted by atomic mass is 9.95. The van der Waals surface area contributed by atoms with Crippen LogP contribution >= 0.6 is 0 Å². The number of carbonyl (C=O) groups is 3. The molecule has 2 atom stereocenters. The van der Waals surface area contributed by atoms with E-state index in [1.807, 2.05) is 0 Å². The van der Waals surface area contributed by atoms with Crippen molar-refractivity contribution in [1.82, 2.24) is 0 Å². The first-order chi connectivity index (χ1) is 8.54. The van der Waals surface area contributed by atoms with Gasteiger partial charge in [0, 0.05) is 5.56 Å². The van der Waals surface area contributed by atoms with Gasteiger partial charge in [-0.2, -0.15) is 0 Å². The first-order valence-corrected chi connectivity index (χ1v) is 5.40. The van der Waals surface area contributed by atoms with Crippen LogP contribution in [-0.4, -0.2) is 36.4 Å². The van der Waals surface area contributed by atoms with Crippen LogP contribution < -0.4 is 0 Å². The predicted octanol–water partition coefficient (Wildman–Crippen LogP) is 0.769. The normalized spacial score (nSPS) is 25.3. The first-order valence-electron chi connectivity index (χ1n) is 5.40. The van der Waals surface area contributed by atoms with E-state index in [1.165, 1.54) is 6.92 Å². The highest BCUT2D eigenvalue weighted by molar-refractivity contribution is 6.18. The van der Waals surface area contributed by atoms with Crippen LogP contribution in [0.2, 0.25) is 0 Å². The Morgan fingerprint density at radius 3 is 2.33 bits per heavy atom. The highest BCUT2D eigenvalue weighted by Gasteiger charge is 2.70. The monoisotopic (exact) mass is 248 g/mol. The molecule has 0 aliphatic carbocycles. The van der Waals surface area contributed by atoms with Crippen LogP contribution in [-0.2, 0) is 19.1 Å². The Morgan fingerprint density at radius 2 is 1.83 bits per heavy atom. The highest BCUT2D eigenvalue weighted by Crippen LogP contribution is 2.40. The van der Waals surface area contributed by atoms with Crippen LogP contribution in [0, 0.1) is 0 Å². The number of ether oxygens (including phenoxy) is 2. The van der Waals surface area contributed by atoms with Gasteiger partial charge in [0.15, 0.2) is 17.7 Å². The molecule has 0 amide bonds. The number of hydrogen-bond donors (Lipinski definition) is 0. The number of rotatable bonds is 4. The van der Waals surface area contributed by atoms with Crippen molar-refractivity contribution in [1.29, 1.82) is 0 Å². The van der Waals surface area contributed by atoms with Gasteiger partial charge in [-0.05, 0) is 6.92 Å². The molecule has 0 spiro atoms. The largest absolute Gasteiger partial charge is 0.466 e. The molecule has 1 aromatic carbocycles. The summed E-state index contributed by atoms with van der Waals surface area (Å²) in [5.74, 6) is -1.75. The Labute approximate surface area is 104 Å². The average molecular weight is 248 g/mol. The van der Waals surface area contributed by atoms with Gasteiger partial charge in [0.25, 0.3) is 5.60 Å². The quantitative estimate of drug-likeness (QED) is 0.340. The second-order valence-electron chi connectivity index (χ2n) is 4.01. The molecular formula is C13H12O5. The molecule has 1 heterocycles. The lowest BCUT2D eigenvalue weighted by molar-refractivity contribution is -0.150. The van der Waals surface area contributed by atoms with Gasteiger partial charge in [-0.15, -0.1) is 0 Å². The van der Waals surface area contributed by atoms with E-state index in [-0.39, 0.29) is 0 Å². The molecular weight excluding hydrogens is 236 g/mol. The summed E-state index contributed by atoms with van der Waals surface area (Å²) in [6, 6.07) is 8.37. The minimum atomic E-state index is -1.75. The maximum absolute atomic E-state index is 12.1. The van der Waals surface area contributed by atoms with E-state index >= 15 is 0 Å². The molecule has 1 aliphatic heterocycles. The summed E-state index contributed by atoms with van der Waals surface area (Å²) in [7, 11) is 1.15. The Bertz CT molecular complexity index is 507. The van der Waals surface area contributed by atoms with Crippen molar-refractivity contribution in [3.8, 4) is 0 Å². The molecule has 0 aromatic heterocycles. The maximum atomic E-state index is 12.1. The van der Waals surface area contributed by atoms with Gasteiger partial charge in [0.2, 0.25) is 0 Å². The van der Waals surface area contributed by atoms with Crippen LogP contribution in [0.3, 0.4) is 0 Å². The fourth-order valence-corrected chi connectivity index (χ4v) is 1.86. The minimum absolute atomic E-state index is 0.392. The SMILES string of the molecule is COC(=O)[C@@]1(C(C)=O)O[C@@H]1C(=O)c1ccccc1. The van der Waals surface area contributed by atoms with Gasteiger partial charge in [-0.3, -0.25) is 9.59 Å². The topological polar surface area (TPSA) is 73.0 Å². The number of benzene rings is 1. The van der Waals surface area contributed by atoms with Gasteiger partial charge in [0.05, 0.1) is 7.11 Å². The predicted molar refractivity (Wildman–Crippen MR) is 61.1 cm³/mol. The van der Waals surface area contributed by atoms with Crippen molar-refractivity contribution in [2.75, 3.05) is 7.11 Å². The molecule has 1 fully saturated rings. The van der Waals surface area contributed by atoms with Crippen LogP contribution in [0.25, 0.3) is 0 Å². The average Bonchev–Trinajstić information content (AvgIpc) is 3.14. The Balaban J connectivity index is 2.26. The lowest BCUT2D eigenvalue weighted by Gasteiger charge is -2.05. The Kier molecular flexibility index (Phi) is 3.00. The van der Waals surface area contributed by atoms with Crippen molar-refractivity contribution < 1.29 is 23.9 Å². The van der Waals surface area contributed by atoms with Crippen LogP contribution in [0.1, 0.15) is 17.3 Å². The van der Waals surface area contributed by atoms with Crippen molar-refractivity contribution >= 4 is 17.5 Å². The van der Waals surface area contributed by atoms with Gasteiger partial charge in [-0.25, -0.2) is 4.79 Å². The van der Waals surface area contributed by atoms with Crippen LogP contribution in [0.5, 0.6) is 0 Å². The molecule has 5 heteroatoms.